The van der Waals surface area contributed by atoms with Crippen molar-refractivity contribution in [2.45, 2.75) is 138 Å². The summed E-state index contributed by atoms with van der Waals surface area (Å²) in [5, 5.41) is 20.8. The summed E-state index contributed by atoms with van der Waals surface area (Å²) < 4.78 is 132. The number of phosphoric ester groups is 4. The number of hydrogen-bond acceptors (Lipinski definition) is 32. The summed E-state index contributed by atoms with van der Waals surface area (Å²) in [6, 6.07) is 3.62. The molecule has 5 aromatic heterocycles. The highest BCUT2D eigenvalue weighted by Crippen LogP contribution is 2.55. The molecule has 516 valence electrons. The molecule has 5 saturated heterocycles. The van der Waals surface area contributed by atoms with Crippen LogP contribution in [0.2, 0.25) is 0 Å². The Morgan fingerprint density at radius 2 is 0.745 bits per heavy atom. The Labute approximate surface area is 524 Å². The predicted molar refractivity (Wildman–Crippen MR) is 309 cm³/mol. The van der Waals surface area contributed by atoms with Crippen LogP contribution in [0.4, 0.5) is 17.5 Å². The maximum Gasteiger partial charge on any atom is 0.472 e. The third-order valence-electron chi connectivity index (χ3n) is 15.2. The third kappa shape index (κ3) is 16.8. The van der Waals surface area contributed by atoms with Crippen molar-refractivity contribution in [2.24, 2.45) is 0 Å². The average Bonchev–Trinajstić information content (AvgIpc) is 1.67. The molecule has 5 aromatic rings. The normalized spacial score (nSPS) is 30.4. The van der Waals surface area contributed by atoms with Crippen molar-refractivity contribution in [3.05, 3.63) is 133 Å². The number of H-pyrrole nitrogens is 2. The maximum absolute atomic E-state index is 14.0. The lowest BCUT2D eigenvalue weighted by atomic mass is 10.2. The van der Waals surface area contributed by atoms with Crippen LogP contribution in [-0.2, 0) is 78.1 Å². The summed E-state index contributed by atoms with van der Waals surface area (Å²) in [7, 11) is -21.5. The minimum absolute atomic E-state index is 0.112. The van der Waals surface area contributed by atoms with Gasteiger partial charge in [0, 0.05) is 74.2 Å². The smallest absolute Gasteiger partial charge is 0.394 e. The number of hydrogen-bond donors (Lipinski definition) is 11. The van der Waals surface area contributed by atoms with Crippen LogP contribution in [0.25, 0.3) is 0 Å². The van der Waals surface area contributed by atoms with E-state index in [9.17, 15) is 81.6 Å². The molecule has 19 atom stereocenters. The van der Waals surface area contributed by atoms with E-state index in [1.54, 1.807) is 0 Å². The third-order valence-corrected chi connectivity index (χ3v) is 19.2. The van der Waals surface area contributed by atoms with Crippen molar-refractivity contribution in [1.82, 2.24) is 47.8 Å². The molecular formula is C47H63N13O30P4. The number of nitrogens with two attached hydrogens (primary N) is 3. The lowest BCUT2D eigenvalue weighted by Crippen LogP contribution is -2.33. The molecule has 0 spiro atoms. The van der Waals surface area contributed by atoms with Crippen LogP contribution in [-0.4, -0.2) is 172 Å². The highest BCUT2D eigenvalue weighted by atomic mass is 31.2. The maximum atomic E-state index is 14.0. The zero-order valence-corrected chi connectivity index (χ0v) is 52.5. The number of ether oxygens (including phenoxy) is 5. The number of aromatic amines is 2. The van der Waals surface area contributed by atoms with Gasteiger partial charge in [0.05, 0.1) is 39.1 Å². The highest BCUT2D eigenvalue weighted by molar-refractivity contribution is 7.48. The van der Waals surface area contributed by atoms with Crippen LogP contribution in [0.5, 0.6) is 0 Å². The first-order valence-corrected chi connectivity index (χ1v) is 34.1. The SMILES string of the molecule is Cc1cn([C@H]2C[C@H](OP(=O)(O)OC[C@H]3O[C@@H](n4ccc(N)nc4=O)C[C@@H]3OP(=O)(O)OC[C@H]3O[C@@H](n4ccc(N)nc4=O)C[C@@H]3OP(=O)(O)OC[C@H]3O[C@@H](n4ccc(N)nc4=O)C[C@@H]3OP(=O)(O)OC[C@H]3O[C@@H](n4cc(C)c(=O)[nH]c4=O)C[C@@H]3O)[C@@H](CO)O2)c(=O)[nH]c1=O. The number of aliphatic hydroxyl groups excluding tert-OH is 2. The lowest BCUT2D eigenvalue weighted by molar-refractivity contribution is -0.0650. The molecule has 94 heavy (non-hydrogen) atoms. The van der Waals surface area contributed by atoms with Crippen LogP contribution in [0.15, 0.2) is 82.7 Å². The van der Waals surface area contributed by atoms with E-state index in [2.05, 4.69) is 24.9 Å². The molecule has 4 unspecified atom stereocenters. The number of nitrogen functional groups attached to an aromatic ring is 3. The highest BCUT2D eigenvalue weighted by Gasteiger charge is 2.50. The second-order valence-corrected chi connectivity index (χ2v) is 27.4. The van der Waals surface area contributed by atoms with Crippen LogP contribution in [0.3, 0.4) is 0 Å². The summed E-state index contributed by atoms with van der Waals surface area (Å²) in [4.78, 5) is 148. The van der Waals surface area contributed by atoms with E-state index in [0.29, 0.717) is 0 Å². The number of anilines is 3. The summed E-state index contributed by atoms with van der Waals surface area (Å²) in [5.41, 5.74) is 11.2. The van der Waals surface area contributed by atoms with Gasteiger partial charge in [0.1, 0.15) is 104 Å². The zero-order chi connectivity index (χ0) is 67.9. The fourth-order valence-electron chi connectivity index (χ4n) is 10.6. The monoisotopic (exact) mass is 1410 g/mol. The number of aromatic nitrogens is 10. The van der Waals surface area contributed by atoms with E-state index < -0.39 is 215 Å². The number of nitrogens with zero attached hydrogens (tertiary/aromatic N) is 8. The van der Waals surface area contributed by atoms with Crippen molar-refractivity contribution in [3.8, 4) is 0 Å². The molecule has 0 bridgehead atoms. The molecule has 43 nitrogen and oxygen atoms in total. The molecule has 5 aliphatic rings. The second-order valence-electron chi connectivity index (χ2n) is 21.8. The van der Waals surface area contributed by atoms with Crippen molar-refractivity contribution in [3.63, 3.8) is 0 Å². The minimum Gasteiger partial charge on any atom is -0.394 e. The Bertz CT molecular complexity index is 4260. The van der Waals surface area contributed by atoms with Gasteiger partial charge in [-0.25, -0.2) is 42.2 Å². The first-order valence-electron chi connectivity index (χ1n) is 28.1. The van der Waals surface area contributed by atoms with Gasteiger partial charge in [-0.1, -0.05) is 0 Å². The van der Waals surface area contributed by atoms with Crippen LogP contribution in [0.1, 0.15) is 74.4 Å². The van der Waals surface area contributed by atoms with Gasteiger partial charge >= 0.3 is 59.7 Å². The van der Waals surface area contributed by atoms with E-state index in [-0.39, 0.29) is 41.4 Å². The average molecular weight is 1410 g/mol. The Balaban J connectivity index is 0.816. The minimum atomic E-state index is -5.50. The van der Waals surface area contributed by atoms with Gasteiger partial charge in [-0.3, -0.25) is 78.6 Å². The van der Waals surface area contributed by atoms with Gasteiger partial charge in [0.25, 0.3) is 11.1 Å². The molecule has 0 radical (unpaired) electrons. The van der Waals surface area contributed by atoms with Crippen LogP contribution in [0, 0.1) is 13.8 Å². The summed E-state index contributed by atoms with van der Waals surface area (Å²) in [5.74, 6) is -0.607. The van der Waals surface area contributed by atoms with E-state index in [0.717, 1.165) is 41.4 Å². The van der Waals surface area contributed by atoms with Crippen molar-refractivity contribution >= 4 is 48.7 Å². The van der Waals surface area contributed by atoms with Crippen LogP contribution >= 0.6 is 31.3 Å². The number of aryl methyl sites for hydroxylation is 2. The Morgan fingerprint density at radius 3 is 1.06 bits per heavy atom. The Kier molecular flexibility index (Phi) is 21.2. The fraction of sp³-hybridized carbons (Fsp3) is 0.574. The standard InChI is InChI=1S/C47H63N13O30P4/c1-21-14-59(46(68)54-41(21)63)36-9-23(62)29(83-36)17-78-91(70,71)88-25-11-37(56-6-3-33(48)51-43(56)65)85-31(25)19-80-93(74,75)90-27-13-39(58-8-5-35(50)53-45(58)67)86-32(27)20-81-94(76,77)89-26-12-38(57-7-4-34(49)52-44(57)66)84-30(26)18-79-92(72,73)87-24-10-40(82-28(24)16-61)60-15-22(2)42(64)55-47(60)69/h3-8,14-15,23-32,36-40,61-62H,9-13,16-20H2,1-2H3,(H,70,71)(H,72,73)(H,74,75)(H,76,77)(H2,48,51,65)(H2,49,52,66)(H2,50,53,67)(H,54,63,68)(H,55,64,69)/t23-,24-,25-,26-,27-,28+,29+,30+,31+,32+,36+,37+,38+,39+,40+/m0/s1. The molecule has 0 saturated carbocycles. The largest absolute Gasteiger partial charge is 0.472 e. The first-order chi connectivity index (χ1) is 44.2. The van der Waals surface area contributed by atoms with Crippen molar-refractivity contribution < 1.29 is 108 Å². The molecule has 0 amide bonds. The van der Waals surface area contributed by atoms with Crippen molar-refractivity contribution in [1.29, 1.82) is 0 Å². The zero-order valence-electron chi connectivity index (χ0n) is 48.9. The molecule has 5 aliphatic heterocycles. The van der Waals surface area contributed by atoms with E-state index in [4.69, 9.17) is 77.1 Å². The predicted octanol–water partition coefficient (Wildman–Crippen LogP) is -2.98. The van der Waals surface area contributed by atoms with E-state index >= 15 is 0 Å². The molecule has 0 aliphatic carbocycles. The van der Waals surface area contributed by atoms with Gasteiger partial charge in [-0.05, 0) is 32.0 Å². The molecule has 5 fully saturated rings. The Hall–Kier alpha value is -6.44. The van der Waals surface area contributed by atoms with Gasteiger partial charge < -0.3 is 70.7 Å². The molecule has 47 heteroatoms. The number of phosphoric acid groups is 4. The molecular weight excluding hydrogens is 1350 g/mol. The molecule has 10 heterocycles. The van der Waals surface area contributed by atoms with Crippen molar-refractivity contribution in [2.75, 3.05) is 50.2 Å². The van der Waals surface area contributed by atoms with E-state index in [1.807, 2.05) is 0 Å². The van der Waals surface area contributed by atoms with Crippen LogP contribution < -0.4 is 56.8 Å². The lowest BCUT2D eigenvalue weighted by Gasteiger charge is -2.25. The number of aliphatic hydroxyl groups is 2. The Morgan fingerprint density at radius 1 is 0.468 bits per heavy atom. The van der Waals surface area contributed by atoms with Gasteiger partial charge in [0.15, 0.2) is 0 Å². The summed E-state index contributed by atoms with van der Waals surface area (Å²) in [6.45, 7) is -1.92. The molecule has 14 N–H and O–H groups in total. The number of nitrogens with one attached hydrogen (secondary N) is 2. The molecule has 10 rings (SSSR count). The van der Waals surface area contributed by atoms with Gasteiger partial charge in [-0.2, -0.15) is 15.0 Å². The first kappa shape index (κ1) is 70.4. The summed E-state index contributed by atoms with van der Waals surface area (Å²) >= 11 is 0. The van der Waals surface area contributed by atoms with Gasteiger partial charge in [0.2, 0.25) is 0 Å². The quantitative estimate of drug-likeness (QED) is 0.0246. The second kappa shape index (κ2) is 28.3. The fourth-order valence-corrected chi connectivity index (χ4v) is 14.4. The number of rotatable bonds is 26. The topological polar surface area (TPSA) is 602 Å². The van der Waals surface area contributed by atoms with Gasteiger partial charge in [-0.15, -0.1) is 0 Å². The van der Waals surface area contributed by atoms with E-state index in [1.165, 1.54) is 44.4 Å². The molecule has 0 aromatic carbocycles. The summed E-state index contributed by atoms with van der Waals surface area (Å²) in [6.07, 6.45) is -18.4.